The van der Waals surface area contributed by atoms with Crippen molar-refractivity contribution in [2.24, 2.45) is 5.41 Å². The number of allylic oxidation sites excluding steroid dienone is 8. The fourth-order valence-corrected chi connectivity index (χ4v) is 2.44. The molecular weight excluding hydrogens is 180 g/mol. The van der Waals surface area contributed by atoms with Gasteiger partial charge in [0.1, 0.15) is 0 Å². The van der Waals surface area contributed by atoms with Crippen LogP contribution in [0.4, 0.5) is 0 Å². The van der Waals surface area contributed by atoms with Gasteiger partial charge in [-0.05, 0) is 31.1 Å². The molecule has 0 aromatic rings. The van der Waals surface area contributed by atoms with Crippen molar-refractivity contribution in [1.29, 1.82) is 0 Å². The molecule has 0 aromatic carbocycles. The summed E-state index contributed by atoms with van der Waals surface area (Å²) >= 11 is 0. The minimum Gasteiger partial charge on any atom is -0.0805 e. The second kappa shape index (κ2) is 4.22. The maximum atomic E-state index is 2.37. The van der Waals surface area contributed by atoms with Gasteiger partial charge in [-0.25, -0.2) is 0 Å². The molecule has 0 fully saturated rings. The minimum atomic E-state index is 0.390. The molecule has 2 rings (SSSR count). The van der Waals surface area contributed by atoms with Gasteiger partial charge in [0, 0.05) is 0 Å². The SMILES string of the molecule is CC(C)(CC1=CCC=C1)CC1=CCC=C1. The zero-order valence-electron chi connectivity index (χ0n) is 9.79. The molecule has 0 nitrogen and oxygen atoms in total. The zero-order valence-corrected chi connectivity index (χ0v) is 9.79. The monoisotopic (exact) mass is 200 g/mol. The van der Waals surface area contributed by atoms with E-state index < -0.39 is 0 Å². The molecule has 0 aromatic heterocycles. The average Bonchev–Trinajstić information content (AvgIpc) is 2.75. The molecule has 2 aliphatic carbocycles. The normalized spacial score (nSPS) is 19.6. The first-order valence-corrected chi connectivity index (χ1v) is 5.87. The highest BCUT2D eigenvalue weighted by Gasteiger charge is 2.21. The van der Waals surface area contributed by atoms with Crippen molar-refractivity contribution in [3.05, 3.63) is 47.6 Å². The summed E-state index contributed by atoms with van der Waals surface area (Å²) in [6.07, 6.45) is 18.4. The molecule has 0 radical (unpaired) electrons. The Kier molecular flexibility index (Phi) is 2.95. The third kappa shape index (κ3) is 2.95. The molecule has 0 heteroatoms. The Balaban J connectivity index is 1.93. The maximum absolute atomic E-state index is 2.37. The molecule has 0 aliphatic heterocycles. The Morgan fingerprint density at radius 3 is 1.73 bits per heavy atom. The van der Waals surface area contributed by atoms with E-state index in [0.29, 0.717) is 5.41 Å². The predicted molar refractivity (Wildman–Crippen MR) is 66.7 cm³/mol. The van der Waals surface area contributed by atoms with Crippen LogP contribution in [0.3, 0.4) is 0 Å². The van der Waals surface area contributed by atoms with Crippen LogP contribution in [0.5, 0.6) is 0 Å². The van der Waals surface area contributed by atoms with Crippen LogP contribution in [0, 0.1) is 5.41 Å². The summed E-state index contributed by atoms with van der Waals surface area (Å²) in [7, 11) is 0. The van der Waals surface area contributed by atoms with Crippen LogP contribution in [0.15, 0.2) is 47.6 Å². The van der Waals surface area contributed by atoms with Gasteiger partial charge < -0.3 is 0 Å². The first-order chi connectivity index (χ1) is 7.16. The lowest BCUT2D eigenvalue weighted by Gasteiger charge is -2.25. The van der Waals surface area contributed by atoms with Gasteiger partial charge in [0.25, 0.3) is 0 Å². The van der Waals surface area contributed by atoms with Crippen LogP contribution >= 0.6 is 0 Å². The molecule has 2 aliphatic rings. The van der Waals surface area contributed by atoms with Crippen LogP contribution < -0.4 is 0 Å². The highest BCUT2D eigenvalue weighted by atomic mass is 14.3. The summed E-state index contributed by atoms with van der Waals surface area (Å²) in [5.74, 6) is 0. The predicted octanol–water partition coefficient (Wildman–Crippen LogP) is 4.57. The van der Waals surface area contributed by atoms with E-state index in [1.54, 1.807) is 0 Å². The summed E-state index contributed by atoms with van der Waals surface area (Å²) in [5.41, 5.74) is 3.42. The second-order valence-electron chi connectivity index (χ2n) is 5.35. The Hall–Kier alpha value is -1.04. The Morgan fingerprint density at radius 2 is 1.40 bits per heavy atom. The summed E-state index contributed by atoms with van der Waals surface area (Å²) < 4.78 is 0. The van der Waals surface area contributed by atoms with E-state index in [1.165, 1.54) is 24.0 Å². The van der Waals surface area contributed by atoms with Gasteiger partial charge in [-0.15, -0.1) is 0 Å². The van der Waals surface area contributed by atoms with Gasteiger partial charge in [-0.3, -0.25) is 0 Å². The van der Waals surface area contributed by atoms with Gasteiger partial charge in [0.15, 0.2) is 0 Å². The van der Waals surface area contributed by atoms with Crippen molar-refractivity contribution in [3.8, 4) is 0 Å². The first-order valence-electron chi connectivity index (χ1n) is 5.87. The summed E-state index contributed by atoms with van der Waals surface area (Å²) in [4.78, 5) is 0. The summed E-state index contributed by atoms with van der Waals surface area (Å²) in [6, 6.07) is 0. The molecule has 0 amide bonds. The molecule has 0 N–H and O–H groups in total. The lowest BCUT2D eigenvalue weighted by Crippen LogP contribution is -2.12. The fourth-order valence-electron chi connectivity index (χ4n) is 2.44. The largest absolute Gasteiger partial charge is 0.0805 e. The smallest absolute Gasteiger partial charge is 0.0160 e. The van der Waals surface area contributed by atoms with E-state index in [0.717, 1.165) is 12.8 Å². The molecule has 0 atom stereocenters. The Bertz CT molecular complexity index is 314. The van der Waals surface area contributed by atoms with Crippen molar-refractivity contribution in [1.82, 2.24) is 0 Å². The molecule has 80 valence electrons. The first kappa shape index (κ1) is 10.5. The van der Waals surface area contributed by atoms with Crippen LogP contribution in [-0.4, -0.2) is 0 Å². The summed E-state index contributed by atoms with van der Waals surface area (Å²) in [5, 5.41) is 0. The fraction of sp³-hybridized carbons (Fsp3) is 0.467. The van der Waals surface area contributed by atoms with Crippen LogP contribution in [-0.2, 0) is 0 Å². The highest BCUT2D eigenvalue weighted by Crippen LogP contribution is 2.35. The van der Waals surface area contributed by atoms with Crippen molar-refractivity contribution >= 4 is 0 Å². The summed E-state index contributed by atoms with van der Waals surface area (Å²) in [6.45, 7) is 4.74. The van der Waals surface area contributed by atoms with Gasteiger partial charge in [-0.1, -0.05) is 61.4 Å². The number of rotatable bonds is 4. The van der Waals surface area contributed by atoms with Gasteiger partial charge in [0.2, 0.25) is 0 Å². The van der Waals surface area contributed by atoms with Crippen molar-refractivity contribution in [2.75, 3.05) is 0 Å². The van der Waals surface area contributed by atoms with Gasteiger partial charge in [-0.2, -0.15) is 0 Å². The van der Waals surface area contributed by atoms with Crippen molar-refractivity contribution in [2.45, 2.75) is 39.5 Å². The molecule has 0 unspecified atom stereocenters. The topological polar surface area (TPSA) is 0 Å². The van der Waals surface area contributed by atoms with E-state index in [4.69, 9.17) is 0 Å². The zero-order chi connectivity index (χ0) is 10.7. The molecule has 0 heterocycles. The molecule has 0 spiro atoms. The van der Waals surface area contributed by atoms with Crippen molar-refractivity contribution in [3.63, 3.8) is 0 Å². The number of hydrogen-bond acceptors (Lipinski definition) is 0. The minimum absolute atomic E-state index is 0.390. The van der Waals surface area contributed by atoms with Crippen LogP contribution in [0.1, 0.15) is 39.5 Å². The highest BCUT2D eigenvalue weighted by molar-refractivity contribution is 5.30. The van der Waals surface area contributed by atoms with E-state index in [-0.39, 0.29) is 0 Å². The van der Waals surface area contributed by atoms with E-state index in [1.807, 2.05) is 0 Å². The third-order valence-electron chi connectivity index (χ3n) is 3.06. The standard InChI is InChI=1S/C15H20/c1-15(2,11-13-7-3-4-8-13)12-14-9-5-6-10-14/h3,5,7-10H,4,6,11-12H2,1-2H3. The van der Waals surface area contributed by atoms with E-state index in [9.17, 15) is 0 Å². The third-order valence-corrected chi connectivity index (χ3v) is 3.06. The lowest BCUT2D eigenvalue weighted by atomic mass is 9.80. The van der Waals surface area contributed by atoms with E-state index in [2.05, 4.69) is 50.3 Å². The molecule has 15 heavy (non-hydrogen) atoms. The van der Waals surface area contributed by atoms with Gasteiger partial charge in [0.05, 0.1) is 0 Å². The number of hydrogen-bond donors (Lipinski definition) is 0. The van der Waals surface area contributed by atoms with Gasteiger partial charge >= 0.3 is 0 Å². The van der Waals surface area contributed by atoms with Crippen molar-refractivity contribution < 1.29 is 0 Å². The quantitative estimate of drug-likeness (QED) is 0.623. The van der Waals surface area contributed by atoms with Crippen LogP contribution in [0.2, 0.25) is 0 Å². The lowest BCUT2D eigenvalue weighted by molar-refractivity contribution is 0.364. The molecule has 0 bridgehead atoms. The van der Waals surface area contributed by atoms with E-state index >= 15 is 0 Å². The Labute approximate surface area is 93.1 Å². The average molecular weight is 200 g/mol. The molecule has 0 saturated heterocycles. The maximum Gasteiger partial charge on any atom is -0.0160 e. The van der Waals surface area contributed by atoms with Crippen LogP contribution in [0.25, 0.3) is 0 Å². The Morgan fingerprint density at radius 1 is 0.933 bits per heavy atom. The second-order valence-corrected chi connectivity index (χ2v) is 5.35. The molecular formula is C15H20. The molecule has 0 saturated carbocycles.